The Morgan fingerprint density at radius 2 is 1.65 bits per heavy atom. The number of benzene rings is 2. The highest BCUT2D eigenvalue weighted by atomic mass is 35.5. The van der Waals surface area contributed by atoms with Crippen LogP contribution in [-0.2, 0) is 12.7 Å². The molecule has 142 valence electrons. The van der Waals surface area contributed by atoms with Crippen LogP contribution in [-0.4, -0.2) is 11.9 Å². The van der Waals surface area contributed by atoms with E-state index >= 15 is 0 Å². The van der Waals surface area contributed by atoms with Crippen molar-refractivity contribution in [1.82, 2.24) is 5.32 Å². The first-order valence-electron chi connectivity index (χ1n) is 8.00. The molecule has 2 unspecified atom stereocenters. The molecule has 0 fully saturated rings. The molecule has 26 heavy (non-hydrogen) atoms. The van der Waals surface area contributed by atoms with Gasteiger partial charge in [0.15, 0.2) is 0 Å². The molecule has 0 aliphatic rings. The van der Waals surface area contributed by atoms with E-state index in [0.717, 1.165) is 11.6 Å². The molecule has 0 saturated heterocycles. The van der Waals surface area contributed by atoms with Crippen LogP contribution in [0.2, 0.25) is 0 Å². The predicted molar refractivity (Wildman–Crippen MR) is 98.4 cm³/mol. The molecule has 0 aliphatic heterocycles. The van der Waals surface area contributed by atoms with Gasteiger partial charge in [0.1, 0.15) is 0 Å². The third-order valence-electron chi connectivity index (χ3n) is 4.32. The zero-order valence-corrected chi connectivity index (χ0v) is 15.3. The average Bonchev–Trinajstić information content (AvgIpc) is 2.60. The molecule has 0 spiro atoms. The van der Waals surface area contributed by atoms with Gasteiger partial charge in [-0.2, -0.15) is 13.2 Å². The van der Waals surface area contributed by atoms with Crippen LogP contribution in [0.25, 0.3) is 0 Å². The number of rotatable bonds is 5. The van der Waals surface area contributed by atoms with Crippen molar-refractivity contribution in [2.75, 3.05) is 0 Å². The van der Waals surface area contributed by atoms with Crippen LogP contribution in [0.3, 0.4) is 0 Å². The molecule has 3 nitrogen and oxygen atoms in total. The topological polar surface area (TPSA) is 55.1 Å². The number of hydrogen-bond acceptors (Lipinski definition) is 2. The highest BCUT2D eigenvalue weighted by Crippen LogP contribution is 2.36. The lowest BCUT2D eigenvalue weighted by Gasteiger charge is -2.24. The summed E-state index contributed by atoms with van der Waals surface area (Å²) in [5, 5.41) is 2.77. The highest BCUT2D eigenvalue weighted by Gasteiger charge is 2.35. The maximum Gasteiger partial charge on any atom is 0.416 e. The second kappa shape index (κ2) is 9.05. The molecule has 0 heterocycles. The summed E-state index contributed by atoms with van der Waals surface area (Å²) in [6.07, 6.45) is -4.42. The van der Waals surface area contributed by atoms with Crippen molar-refractivity contribution in [2.24, 2.45) is 5.73 Å². The Labute approximate surface area is 157 Å². The van der Waals surface area contributed by atoms with Crippen LogP contribution in [0, 0.1) is 0 Å². The SMILES string of the molecule is CC(NC(=O)c1ccc(CN)cc1)C(C)c1ccccc1C(F)(F)F.Cl. The minimum atomic E-state index is -4.42. The summed E-state index contributed by atoms with van der Waals surface area (Å²) in [7, 11) is 0. The van der Waals surface area contributed by atoms with Gasteiger partial charge in [-0.1, -0.05) is 37.3 Å². The molecule has 0 bridgehead atoms. The van der Waals surface area contributed by atoms with Crippen molar-refractivity contribution in [3.05, 3.63) is 70.8 Å². The third-order valence-corrected chi connectivity index (χ3v) is 4.32. The summed E-state index contributed by atoms with van der Waals surface area (Å²) in [4.78, 5) is 12.3. The monoisotopic (exact) mass is 386 g/mol. The zero-order chi connectivity index (χ0) is 18.6. The average molecular weight is 387 g/mol. The lowest BCUT2D eigenvalue weighted by atomic mass is 9.90. The second-order valence-corrected chi connectivity index (χ2v) is 6.04. The molecule has 2 atom stereocenters. The van der Waals surface area contributed by atoms with Crippen LogP contribution in [0.15, 0.2) is 48.5 Å². The van der Waals surface area contributed by atoms with Gasteiger partial charge in [0.05, 0.1) is 5.56 Å². The summed E-state index contributed by atoms with van der Waals surface area (Å²) in [5.41, 5.74) is 6.36. The van der Waals surface area contributed by atoms with E-state index in [9.17, 15) is 18.0 Å². The quantitative estimate of drug-likeness (QED) is 0.794. The van der Waals surface area contributed by atoms with Crippen molar-refractivity contribution >= 4 is 18.3 Å². The van der Waals surface area contributed by atoms with Crippen LogP contribution in [0.1, 0.15) is 46.8 Å². The molecule has 0 aliphatic carbocycles. The molecule has 0 radical (unpaired) electrons. The zero-order valence-electron chi connectivity index (χ0n) is 14.5. The lowest BCUT2D eigenvalue weighted by Crippen LogP contribution is -2.36. The first-order chi connectivity index (χ1) is 11.7. The number of nitrogens with one attached hydrogen (secondary N) is 1. The van der Waals surface area contributed by atoms with Crippen LogP contribution >= 0.6 is 12.4 Å². The molecular formula is C19H22ClF3N2O. The van der Waals surface area contributed by atoms with Crippen molar-refractivity contribution in [3.63, 3.8) is 0 Å². The molecule has 7 heteroatoms. The molecule has 0 saturated carbocycles. The van der Waals surface area contributed by atoms with Gasteiger partial charge in [-0.05, 0) is 36.2 Å². The van der Waals surface area contributed by atoms with Gasteiger partial charge < -0.3 is 11.1 Å². The fourth-order valence-corrected chi connectivity index (χ4v) is 2.63. The van der Waals surface area contributed by atoms with E-state index in [1.165, 1.54) is 12.1 Å². The van der Waals surface area contributed by atoms with Crippen molar-refractivity contribution < 1.29 is 18.0 Å². The first kappa shape index (κ1) is 22.0. The Morgan fingerprint density at radius 3 is 2.19 bits per heavy atom. The fourth-order valence-electron chi connectivity index (χ4n) is 2.63. The van der Waals surface area contributed by atoms with Gasteiger partial charge in [0.25, 0.3) is 5.91 Å². The van der Waals surface area contributed by atoms with E-state index in [4.69, 9.17) is 5.73 Å². The third kappa shape index (κ3) is 5.22. The van der Waals surface area contributed by atoms with E-state index in [0.29, 0.717) is 12.1 Å². The van der Waals surface area contributed by atoms with Gasteiger partial charge in [-0.25, -0.2) is 0 Å². The Bertz CT molecular complexity index is 732. The maximum atomic E-state index is 13.2. The number of halogens is 4. The minimum absolute atomic E-state index is 0. The maximum absolute atomic E-state index is 13.2. The second-order valence-electron chi connectivity index (χ2n) is 6.04. The van der Waals surface area contributed by atoms with Crippen molar-refractivity contribution in [3.8, 4) is 0 Å². The Kier molecular flexibility index (Phi) is 7.66. The molecular weight excluding hydrogens is 365 g/mol. The van der Waals surface area contributed by atoms with Gasteiger partial charge in [0.2, 0.25) is 0 Å². The van der Waals surface area contributed by atoms with Crippen LogP contribution < -0.4 is 11.1 Å². The lowest BCUT2D eigenvalue weighted by molar-refractivity contribution is -0.138. The fraction of sp³-hybridized carbons (Fsp3) is 0.316. The highest BCUT2D eigenvalue weighted by molar-refractivity contribution is 5.94. The molecule has 3 N–H and O–H groups in total. The first-order valence-corrected chi connectivity index (χ1v) is 8.00. The minimum Gasteiger partial charge on any atom is -0.349 e. The van der Waals surface area contributed by atoms with Gasteiger partial charge in [-0.15, -0.1) is 12.4 Å². The van der Waals surface area contributed by atoms with E-state index in [2.05, 4.69) is 5.32 Å². The van der Waals surface area contributed by atoms with E-state index in [-0.39, 0.29) is 23.9 Å². The number of hydrogen-bond donors (Lipinski definition) is 2. The summed E-state index contributed by atoms with van der Waals surface area (Å²) in [6, 6.07) is 11.8. The van der Waals surface area contributed by atoms with Crippen molar-refractivity contribution in [2.45, 2.75) is 38.5 Å². The normalized spacial score (nSPS) is 13.5. The number of carbonyl (C=O) groups is 1. The molecule has 1 amide bonds. The summed E-state index contributed by atoms with van der Waals surface area (Å²) < 4.78 is 39.5. The summed E-state index contributed by atoms with van der Waals surface area (Å²) in [5.74, 6) is -0.822. The standard InChI is InChI=1S/C19H21F3N2O.ClH/c1-12(16-5-3-4-6-17(16)19(20,21)22)13(2)24-18(25)15-9-7-14(11-23)8-10-15;/h3-10,12-13H,11,23H2,1-2H3,(H,24,25);1H. The largest absolute Gasteiger partial charge is 0.416 e. The number of alkyl halides is 3. The molecule has 2 aromatic rings. The van der Waals surface area contributed by atoms with Gasteiger partial charge >= 0.3 is 6.18 Å². The number of carbonyl (C=O) groups excluding carboxylic acids is 1. The molecule has 2 aromatic carbocycles. The van der Waals surface area contributed by atoms with E-state index in [1.807, 2.05) is 0 Å². The Morgan fingerprint density at radius 1 is 1.08 bits per heavy atom. The smallest absolute Gasteiger partial charge is 0.349 e. The Hall–Kier alpha value is -2.05. The number of amides is 1. The van der Waals surface area contributed by atoms with Crippen LogP contribution in [0.5, 0.6) is 0 Å². The molecule has 2 rings (SSSR count). The van der Waals surface area contributed by atoms with Crippen molar-refractivity contribution in [1.29, 1.82) is 0 Å². The Balaban J connectivity index is 0.00000338. The summed E-state index contributed by atoms with van der Waals surface area (Å²) in [6.45, 7) is 3.75. The number of nitrogens with two attached hydrogens (primary N) is 1. The predicted octanol–water partition coefficient (Wildman–Crippen LogP) is 4.51. The molecule has 0 aromatic heterocycles. The summed E-state index contributed by atoms with van der Waals surface area (Å²) >= 11 is 0. The van der Waals surface area contributed by atoms with Gasteiger partial charge in [0, 0.05) is 24.1 Å². The van der Waals surface area contributed by atoms with E-state index < -0.39 is 23.7 Å². The van der Waals surface area contributed by atoms with E-state index in [1.54, 1.807) is 44.2 Å². The van der Waals surface area contributed by atoms with Gasteiger partial charge in [-0.3, -0.25) is 4.79 Å². The van der Waals surface area contributed by atoms with Crippen LogP contribution in [0.4, 0.5) is 13.2 Å².